The molecule has 3 aromatic rings. The number of nitrogens with one attached hydrogen (secondary N) is 3. The molecule has 6 nitrogen and oxygen atoms in total. The van der Waals surface area contributed by atoms with E-state index in [1.807, 2.05) is 12.3 Å². The zero-order valence-corrected chi connectivity index (χ0v) is 16.1. The number of carbonyl (C=O) groups excluding carboxylic acids is 1. The Hall–Kier alpha value is -2.89. The molecular formula is C22H27N5O. The molecule has 0 saturated heterocycles. The molecule has 0 spiro atoms. The first-order chi connectivity index (χ1) is 13.8. The largest absolute Gasteiger partial charge is 0.361 e. The summed E-state index contributed by atoms with van der Waals surface area (Å²) in [5, 5.41) is 7.61. The average molecular weight is 377 g/mol. The van der Waals surface area contributed by atoms with Crippen LogP contribution in [-0.2, 0) is 6.42 Å². The molecule has 0 atom stereocenters. The Morgan fingerprint density at radius 3 is 2.61 bits per heavy atom. The van der Waals surface area contributed by atoms with E-state index < -0.39 is 0 Å². The van der Waals surface area contributed by atoms with Crippen molar-refractivity contribution < 1.29 is 4.79 Å². The summed E-state index contributed by atoms with van der Waals surface area (Å²) in [6.45, 7) is 0.732. The first-order valence-corrected chi connectivity index (χ1v) is 10.2. The molecule has 1 saturated carbocycles. The lowest BCUT2D eigenvalue weighted by molar-refractivity contribution is 0.0932. The molecule has 0 aliphatic heterocycles. The molecule has 1 fully saturated rings. The fraction of sp³-hybridized carbons (Fsp3) is 0.409. The Morgan fingerprint density at radius 1 is 1.07 bits per heavy atom. The number of aromatic amines is 1. The number of para-hydroxylation sites is 1. The number of aromatic nitrogens is 3. The van der Waals surface area contributed by atoms with Gasteiger partial charge in [-0.1, -0.05) is 43.9 Å². The van der Waals surface area contributed by atoms with Crippen molar-refractivity contribution in [1.29, 1.82) is 0 Å². The van der Waals surface area contributed by atoms with Crippen LogP contribution in [0.4, 0.5) is 5.95 Å². The molecule has 6 heteroatoms. The van der Waals surface area contributed by atoms with Crippen LogP contribution in [0.1, 0.15) is 54.4 Å². The molecule has 1 aliphatic carbocycles. The van der Waals surface area contributed by atoms with Crippen LogP contribution < -0.4 is 10.6 Å². The van der Waals surface area contributed by atoms with Crippen LogP contribution in [0.5, 0.6) is 0 Å². The van der Waals surface area contributed by atoms with Gasteiger partial charge in [-0.05, 0) is 30.9 Å². The highest BCUT2D eigenvalue weighted by molar-refractivity contribution is 5.93. The average Bonchev–Trinajstić information content (AvgIpc) is 2.96. The smallest absolute Gasteiger partial charge is 0.254 e. The van der Waals surface area contributed by atoms with Crippen molar-refractivity contribution in [2.24, 2.45) is 0 Å². The number of hydrogen-bond acceptors (Lipinski definition) is 4. The highest BCUT2D eigenvalue weighted by atomic mass is 16.1. The molecule has 2 aromatic heterocycles. The van der Waals surface area contributed by atoms with Gasteiger partial charge in [-0.3, -0.25) is 4.79 Å². The topological polar surface area (TPSA) is 82.7 Å². The Balaban J connectivity index is 1.28. The van der Waals surface area contributed by atoms with Gasteiger partial charge in [-0.25, -0.2) is 9.97 Å². The second-order valence-electron chi connectivity index (χ2n) is 7.49. The molecule has 3 N–H and O–H groups in total. The number of benzene rings is 1. The minimum atomic E-state index is -0.0720. The normalized spacial score (nSPS) is 15.3. The van der Waals surface area contributed by atoms with Gasteiger partial charge in [0, 0.05) is 42.1 Å². The van der Waals surface area contributed by atoms with E-state index in [9.17, 15) is 4.79 Å². The van der Waals surface area contributed by atoms with Crippen molar-refractivity contribution in [2.45, 2.75) is 51.0 Å². The molecule has 28 heavy (non-hydrogen) atoms. The maximum Gasteiger partial charge on any atom is 0.254 e. The first kappa shape index (κ1) is 18.5. The van der Waals surface area contributed by atoms with Gasteiger partial charge in [0.2, 0.25) is 5.95 Å². The zero-order chi connectivity index (χ0) is 19.2. The molecule has 0 radical (unpaired) electrons. The minimum absolute atomic E-state index is 0.0720. The lowest BCUT2D eigenvalue weighted by Crippen LogP contribution is -2.34. The van der Waals surface area contributed by atoms with Crippen LogP contribution in [0, 0.1) is 0 Å². The van der Waals surface area contributed by atoms with E-state index >= 15 is 0 Å². The quantitative estimate of drug-likeness (QED) is 0.566. The Morgan fingerprint density at radius 2 is 1.82 bits per heavy atom. The number of amides is 1. The van der Waals surface area contributed by atoms with E-state index in [1.54, 1.807) is 12.4 Å². The molecule has 1 amide bonds. The summed E-state index contributed by atoms with van der Waals surface area (Å²) in [7, 11) is 0. The minimum Gasteiger partial charge on any atom is -0.361 e. The maximum absolute atomic E-state index is 12.4. The fourth-order valence-corrected chi connectivity index (χ4v) is 3.88. The predicted octanol–water partition coefficient (Wildman–Crippen LogP) is 4.07. The predicted molar refractivity (Wildman–Crippen MR) is 111 cm³/mol. The summed E-state index contributed by atoms with van der Waals surface area (Å²) >= 11 is 0. The summed E-state index contributed by atoms with van der Waals surface area (Å²) in [6.07, 6.45) is 13.2. The standard InChI is InChI=1S/C22H27N5O/c28-21(27-18-7-3-1-2-4-8-18)17-14-25-22(26-15-17)23-12-11-16-13-24-20-10-6-5-9-19(16)20/h5-6,9-10,13-15,18,24H,1-4,7-8,11-12H2,(H,27,28)(H,23,25,26). The summed E-state index contributed by atoms with van der Waals surface area (Å²) in [4.78, 5) is 24.3. The third-order valence-corrected chi connectivity index (χ3v) is 5.46. The van der Waals surface area contributed by atoms with Crippen molar-refractivity contribution in [3.63, 3.8) is 0 Å². The number of anilines is 1. The summed E-state index contributed by atoms with van der Waals surface area (Å²) < 4.78 is 0. The number of hydrogen-bond donors (Lipinski definition) is 3. The molecule has 4 rings (SSSR count). The van der Waals surface area contributed by atoms with Crippen LogP contribution in [0.2, 0.25) is 0 Å². The number of rotatable bonds is 6. The Bertz CT molecular complexity index is 910. The second-order valence-corrected chi connectivity index (χ2v) is 7.49. The van der Waals surface area contributed by atoms with Gasteiger partial charge >= 0.3 is 0 Å². The number of nitrogens with zero attached hydrogens (tertiary/aromatic N) is 2. The van der Waals surface area contributed by atoms with Gasteiger partial charge < -0.3 is 15.6 Å². The lowest BCUT2D eigenvalue weighted by Gasteiger charge is -2.16. The zero-order valence-electron chi connectivity index (χ0n) is 16.1. The lowest BCUT2D eigenvalue weighted by atomic mass is 10.1. The van der Waals surface area contributed by atoms with Gasteiger partial charge in [0.1, 0.15) is 0 Å². The van der Waals surface area contributed by atoms with Crippen molar-refractivity contribution >= 4 is 22.8 Å². The van der Waals surface area contributed by atoms with Crippen molar-refractivity contribution in [3.05, 3.63) is 54.0 Å². The highest BCUT2D eigenvalue weighted by Crippen LogP contribution is 2.19. The van der Waals surface area contributed by atoms with Gasteiger partial charge in [-0.15, -0.1) is 0 Å². The van der Waals surface area contributed by atoms with E-state index in [0.717, 1.165) is 31.3 Å². The van der Waals surface area contributed by atoms with Gasteiger partial charge in [0.15, 0.2) is 0 Å². The monoisotopic (exact) mass is 377 g/mol. The molecular weight excluding hydrogens is 350 g/mol. The van der Waals surface area contributed by atoms with Crippen LogP contribution >= 0.6 is 0 Å². The molecule has 146 valence electrons. The van der Waals surface area contributed by atoms with Crippen molar-refractivity contribution in [3.8, 4) is 0 Å². The SMILES string of the molecule is O=C(NC1CCCCCC1)c1cnc(NCCc2c[nH]c3ccccc23)nc1. The van der Waals surface area contributed by atoms with Crippen LogP contribution in [0.25, 0.3) is 10.9 Å². The van der Waals surface area contributed by atoms with Gasteiger partial charge in [0.25, 0.3) is 5.91 Å². The Kier molecular flexibility index (Phi) is 5.85. The van der Waals surface area contributed by atoms with Crippen molar-refractivity contribution in [2.75, 3.05) is 11.9 Å². The van der Waals surface area contributed by atoms with E-state index in [4.69, 9.17) is 0 Å². The molecule has 0 bridgehead atoms. The molecule has 1 aliphatic rings. The molecule has 1 aromatic carbocycles. The fourth-order valence-electron chi connectivity index (χ4n) is 3.88. The van der Waals surface area contributed by atoms with E-state index in [1.165, 1.54) is 36.6 Å². The maximum atomic E-state index is 12.4. The summed E-state index contributed by atoms with van der Waals surface area (Å²) in [5.74, 6) is 0.475. The molecule has 2 heterocycles. The van der Waals surface area contributed by atoms with E-state index in [2.05, 4.69) is 43.8 Å². The summed E-state index contributed by atoms with van der Waals surface area (Å²) in [5.41, 5.74) is 2.94. The van der Waals surface area contributed by atoms with Crippen LogP contribution in [0.15, 0.2) is 42.9 Å². The highest BCUT2D eigenvalue weighted by Gasteiger charge is 2.16. The first-order valence-electron chi connectivity index (χ1n) is 10.2. The van der Waals surface area contributed by atoms with Crippen molar-refractivity contribution in [1.82, 2.24) is 20.3 Å². The van der Waals surface area contributed by atoms with Gasteiger partial charge in [-0.2, -0.15) is 0 Å². The van der Waals surface area contributed by atoms with Crippen LogP contribution in [0.3, 0.4) is 0 Å². The van der Waals surface area contributed by atoms with E-state index in [0.29, 0.717) is 11.5 Å². The molecule has 0 unspecified atom stereocenters. The van der Waals surface area contributed by atoms with Crippen LogP contribution in [-0.4, -0.2) is 33.4 Å². The number of carbonyl (C=O) groups is 1. The van der Waals surface area contributed by atoms with E-state index in [-0.39, 0.29) is 11.9 Å². The third kappa shape index (κ3) is 4.50. The summed E-state index contributed by atoms with van der Waals surface area (Å²) in [6, 6.07) is 8.56. The number of fused-ring (bicyclic) bond motifs is 1. The second kappa shape index (κ2) is 8.87. The number of H-pyrrole nitrogens is 1. The van der Waals surface area contributed by atoms with Gasteiger partial charge in [0.05, 0.1) is 5.56 Å². The third-order valence-electron chi connectivity index (χ3n) is 5.46. The Labute approximate surface area is 165 Å².